The van der Waals surface area contributed by atoms with E-state index in [0.29, 0.717) is 18.7 Å². The lowest BCUT2D eigenvalue weighted by molar-refractivity contribution is -0.137. The minimum atomic E-state index is -0.182. The summed E-state index contributed by atoms with van der Waals surface area (Å²) in [7, 11) is 3.22. The molecule has 168 valence electrons. The quantitative estimate of drug-likeness (QED) is 0.607. The van der Waals surface area contributed by atoms with E-state index in [0.717, 1.165) is 24.4 Å². The minimum Gasteiger partial charge on any atom is -0.496 e. The number of hydrogen-bond acceptors (Lipinski definition) is 4. The van der Waals surface area contributed by atoms with Crippen LogP contribution < -0.4 is 4.74 Å². The molecular formula is C25H33FN2O3. The molecular weight excluding hydrogens is 395 g/mol. The number of methoxy groups -OCH3 is 2. The van der Waals surface area contributed by atoms with Crippen molar-refractivity contribution in [2.45, 2.75) is 32.4 Å². The Morgan fingerprint density at radius 2 is 1.84 bits per heavy atom. The highest BCUT2D eigenvalue weighted by Gasteiger charge is 2.37. The number of halogens is 1. The number of likely N-dealkylation sites (tertiary alicyclic amines) is 1. The SMILES string of the molecule is COCC(=O)N(C[C@H]1CN(Cc2ccccc2F)C[C@@H]1c1ccccc1OC)C(C)C. The maximum absolute atomic E-state index is 14.3. The van der Waals surface area contributed by atoms with E-state index in [1.165, 1.54) is 6.07 Å². The highest BCUT2D eigenvalue weighted by Crippen LogP contribution is 2.38. The third-order valence-electron chi connectivity index (χ3n) is 6.05. The number of amides is 1. The van der Waals surface area contributed by atoms with Gasteiger partial charge in [-0.3, -0.25) is 9.69 Å². The van der Waals surface area contributed by atoms with Gasteiger partial charge in [0.2, 0.25) is 5.91 Å². The Morgan fingerprint density at radius 1 is 1.13 bits per heavy atom. The van der Waals surface area contributed by atoms with Gasteiger partial charge in [-0.15, -0.1) is 0 Å². The second-order valence-electron chi connectivity index (χ2n) is 8.47. The van der Waals surface area contributed by atoms with E-state index < -0.39 is 0 Å². The Morgan fingerprint density at radius 3 is 2.52 bits per heavy atom. The third kappa shape index (κ3) is 5.63. The third-order valence-corrected chi connectivity index (χ3v) is 6.05. The number of hydrogen-bond donors (Lipinski definition) is 0. The number of carbonyl (C=O) groups is 1. The molecule has 0 N–H and O–H groups in total. The van der Waals surface area contributed by atoms with Crippen LogP contribution in [0, 0.1) is 11.7 Å². The maximum Gasteiger partial charge on any atom is 0.248 e. The summed E-state index contributed by atoms with van der Waals surface area (Å²) >= 11 is 0. The van der Waals surface area contributed by atoms with Crippen LogP contribution in [0.5, 0.6) is 5.75 Å². The van der Waals surface area contributed by atoms with E-state index in [1.807, 2.05) is 49.1 Å². The maximum atomic E-state index is 14.3. The largest absolute Gasteiger partial charge is 0.496 e. The van der Waals surface area contributed by atoms with Gasteiger partial charge in [0.15, 0.2) is 0 Å². The van der Waals surface area contributed by atoms with Crippen LogP contribution in [-0.4, -0.2) is 62.2 Å². The lowest BCUT2D eigenvalue weighted by Gasteiger charge is -2.31. The minimum absolute atomic E-state index is 0.0103. The van der Waals surface area contributed by atoms with Gasteiger partial charge < -0.3 is 14.4 Å². The first-order valence-corrected chi connectivity index (χ1v) is 10.8. The van der Waals surface area contributed by atoms with Crippen molar-refractivity contribution < 1.29 is 18.7 Å². The predicted octanol–water partition coefficient (Wildman–Crippen LogP) is 3.93. The lowest BCUT2D eigenvalue weighted by atomic mass is 9.87. The first-order valence-electron chi connectivity index (χ1n) is 10.8. The zero-order valence-electron chi connectivity index (χ0n) is 18.9. The van der Waals surface area contributed by atoms with Gasteiger partial charge in [-0.25, -0.2) is 4.39 Å². The topological polar surface area (TPSA) is 42.0 Å². The molecule has 0 saturated carbocycles. The van der Waals surface area contributed by atoms with Crippen LogP contribution in [0.1, 0.15) is 30.9 Å². The lowest BCUT2D eigenvalue weighted by Crippen LogP contribution is -2.43. The van der Waals surface area contributed by atoms with Crippen molar-refractivity contribution in [1.82, 2.24) is 9.80 Å². The summed E-state index contributed by atoms with van der Waals surface area (Å²) in [5, 5.41) is 0. The molecule has 0 spiro atoms. The van der Waals surface area contributed by atoms with Gasteiger partial charge in [-0.2, -0.15) is 0 Å². The van der Waals surface area contributed by atoms with Gasteiger partial charge in [0.05, 0.1) is 7.11 Å². The molecule has 2 aromatic rings. The molecule has 3 rings (SSSR count). The van der Waals surface area contributed by atoms with Crippen molar-refractivity contribution >= 4 is 5.91 Å². The highest BCUT2D eigenvalue weighted by atomic mass is 19.1. The van der Waals surface area contributed by atoms with Crippen LogP contribution in [0.2, 0.25) is 0 Å². The Labute approximate surface area is 184 Å². The average molecular weight is 429 g/mol. The van der Waals surface area contributed by atoms with E-state index in [9.17, 15) is 9.18 Å². The molecule has 2 atom stereocenters. The predicted molar refractivity (Wildman–Crippen MR) is 120 cm³/mol. The first-order chi connectivity index (χ1) is 14.9. The summed E-state index contributed by atoms with van der Waals surface area (Å²) in [6.45, 7) is 6.85. The monoisotopic (exact) mass is 428 g/mol. The van der Waals surface area contributed by atoms with Gasteiger partial charge in [0.25, 0.3) is 0 Å². The molecule has 1 heterocycles. The van der Waals surface area contributed by atoms with Crippen LogP contribution >= 0.6 is 0 Å². The van der Waals surface area contributed by atoms with Gasteiger partial charge in [-0.05, 0) is 37.5 Å². The smallest absolute Gasteiger partial charge is 0.248 e. The van der Waals surface area contributed by atoms with Crippen molar-refractivity contribution in [1.29, 1.82) is 0 Å². The zero-order chi connectivity index (χ0) is 22.4. The number of rotatable bonds is 9. The van der Waals surface area contributed by atoms with E-state index in [2.05, 4.69) is 11.0 Å². The summed E-state index contributed by atoms with van der Waals surface area (Å²) in [6.07, 6.45) is 0. The van der Waals surface area contributed by atoms with Gasteiger partial charge in [-0.1, -0.05) is 36.4 Å². The fourth-order valence-corrected chi connectivity index (χ4v) is 4.53. The van der Waals surface area contributed by atoms with Gasteiger partial charge in [0.1, 0.15) is 18.2 Å². The van der Waals surface area contributed by atoms with Crippen molar-refractivity contribution in [3.05, 3.63) is 65.5 Å². The Balaban J connectivity index is 1.87. The van der Waals surface area contributed by atoms with Crippen molar-refractivity contribution in [3.8, 4) is 5.75 Å². The van der Waals surface area contributed by atoms with Crippen LogP contribution in [-0.2, 0) is 16.1 Å². The fraction of sp³-hybridized carbons (Fsp3) is 0.480. The Hall–Kier alpha value is -2.44. The zero-order valence-corrected chi connectivity index (χ0v) is 18.9. The van der Waals surface area contributed by atoms with Gasteiger partial charge >= 0.3 is 0 Å². The second kappa shape index (κ2) is 10.7. The molecule has 6 heteroatoms. The van der Waals surface area contributed by atoms with E-state index in [4.69, 9.17) is 9.47 Å². The standard InChI is InChI=1S/C25H33FN2O3/c1-18(2)28(25(29)17-30-3)15-20-14-27(13-19-9-5-7-11-23(19)26)16-22(20)21-10-6-8-12-24(21)31-4/h5-12,18,20,22H,13-17H2,1-4H3/t20-,22+/m1/s1. The fourth-order valence-electron chi connectivity index (χ4n) is 4.53. The molecule has 0 unspecified atom stereocenters. The number of nitrogens with zero attached hydrogens (tertiary/aromatic N) is 2. The van der Waals surface area contributed by atoms with Crippen molar-refractivity contribution in [2.24, 2.45) is 5.92 Å². The van der Waals surface area contributed by atoms with Crippen LogP contribution in [0.15, 0.2) is 48.5 Å². The summed E-state index contributed by atoms with van der Waals surface area (Å²) in [6, 6.07) is 15.0. The molecule has 31 heavy (non-hydrogen) atoms. The number of benzene rings is 2. The molecule has 2 aromatic carbocycles. The van der Waals surface area contributed by atoms with Crippen LogP contribution in [0.25, 0.3) is 0 Å². The van der Waals surface area contributed by atoms with Crippen molar-refractivity contribution in [2.75, 3.05) is 40.5 Å². The molecule has 1 aliphatic rings. The molecule has 1 aliphatic heterocycles. The van der Waals surface area contributed by atoms with E-state index in [-0.39, 0.29) is 36.2 Å². The number of carbonyl (C=O) groups excluding carboxylic acids is 1. The first kappa shape index (κ1) is 23.2. The Kier molecular flexibility index (Phi) is 8.04. The average Bonchev–Trinajstić information content (AvgIpc) is 3.15. The molecule has 0 bridgehead atoms. The highest BCUT2D eigenvalue weighted by molar-refractivity contribution is 5.77. The van der Waals surface area contributed by atoms with E-state index in [1.54, 1.807) is 20.3 Å². The van der Waals surface area contributed by atoms with Crippen LogP contribution in [0.4, 0.5) is 4.39 Å². The molecule has 5 nitrogen and oxygen atoms in total. The molecule has 1 fully saturated rings. The molecule has 1 saturated heterocycles. The summed E-state index contributed by atoms with van der Waals surface area (Å²) in [5.74, 6) is 1.04. The normalized spacial score (nSPS) is 19.0. The summed E-state index contributed by atoms with van der Waals surface area (Å²) in [5.41, 5.74) is 1.83. The number of ether oxygens (including phenoxy) is 2. The Bertz CT molecular complexity index is 873. The molecule has 0 radical (unpaired) electrons. The molecule has 0 aromatic heterocycles. The van der Waals surface area contributed by atoms with Crippen LogP contribution in [0.3, 0.4) is 0 Å². The summed E-state index contributed by atoms with van der Waals surface area (Å²) < 4.78 is 25.0. The number of para-hydroxylation sites is 1. The molecule has 0 aliphatic carbocycles. The molecule has 1 amide bonds. The van der Waals surface area contributed by atoms with Gasteiger partial charge in [0, 0.05) is 50.8 Å². The second-order valence-corrected chi connectivity index (χ2v) is 8.47. The van der Waals surface area contributed by atoms with Crippen molar-refractivity contribution in [3.63, 3.8) is 0 Å². The summed E-state index contributed by atoms with van der Waals surface area (Å²) in [4.78, 5) is 16.8. The van der Waals surface area contributed by atoms with E-state index >= 15 is 0 Å².